The molecule has 0 saturated carbocycles. The fourth-order valence-corrected chi connectivity index (χ4v) is 2.02. The molecular formula is C11H21NO2. The van der Waals surface area contributed by atoms with Gasteiger partial charge in [-0.15, -0.1) is 0 Å². The number of nitrogens with zero attached hydrogens (tertiary/aromatic N) is 1. The van der Waals surface area contributed by atoms with Gasteiger partial charge in [0.25, 0.3) is 0 Å². The monoisotopic (exact) mass is 199 g/mol. The highest BCUT2D eigenvalue weighted by Gasteiger charge is 2.33. The van der Waals surface area contributed by atoms with Crippen LogP contribution in [0.5, 0.6) is 0 Å². The molecule has 0 radical (unpaired) electrons. The van der Waals surface area contributed by atoms with Crippen molar-refractivity contribution in [1.82, 2.24) is 4.90 Å². The average Bonchev–Trinajstić information content (AvgIpc) is 2.27. The predicted molar refractivity (Wildman–Crippen MR) is 56.3 cm³/mol. The summed E-state index contributed by atoms with van der Waals surface area (Å²) in [6.45, 7) is 8.54. The van der Waals surface area contributed by atoms with Crippen LogP contribution >= 0.6 is 0 Å². The van der Waals surface area contributed by atoms with Crippen molar-refractivity contribution < 1.29 is 9.53 Å². The first kappa shape index (κ1) is 11.7. The number of rotatable bonds is 5. The number of ether oxygens (including phenoxy) is 1. The smallest absolute Gasteiger partial charge is 0.129 e. The molecule has 1 atom stereocenters. The maximum atomic E-state index is 11.1. The molecule has 0 aromatic heterocycles. The van der Waals surface area contributed by atoms with E-state index < -0.39 is 0 Å². The molecule has 3 heteroatoms. The zero-order valence-corrected chi connectivity index (χ0v) is 9.29. The number of hydrogen-bond acceptors (Lipinski definition) is 3. The first-order chi connectivity index (χ1) is 6.76. The summed E-state index contributed by atoms with van der Waals surface area (Å²) in [5.74, 6) is 0. The first-order valence-electron chi connectivity index (χ1n) is 5.53. The van der Waals surface area contributed by atoms with E-state index in [1.807, 2.05) is 0 Å². The minimum atomic E-state index is -0.232. The van der Waals surface area contributed by atoms with Crippen molar-refractivity contribution in [3.8, 4) is 0 Å². The van der Waals surface area contributed by atoms with Crippen molar-refractivity contribution in [1.29, 1.82) is 0 Å². The molecule has 1 rings (SSSR count). The summed E-state index contributed by atoms with van der Waals surface area (Å²) in [4.78, 5) is 13.4. The van der Waals surface area contributed by atoms with Crippen LogP contribution in [0.2, 0.25) is 0 Å². The van der Waals surface area contributed by atoms with E-state index in [-0.39, 0.29) is 5.41 Å². The van der Waals surface area contributed by atoms with E-state index in [1.165, 1.54) is 0 Å². The number of carbonyl (C=O) groups is 1. The van der Waals surface area contributed by atoms with Crippen LogP contribution in [0.15, 0.2) is 0 Å². The SMILES string of the molecule is CCN(CC)CC1(C=O)CCCOC1. The summed E-state index contributed by atoms with van der Waals surface area (Å²) in [6.07, 6.45) is 3.09. The summed E-state index contributed by atoms with van der Waals surface area (Å²) in [7, 11) is 0. The second kappa shape index (κ2) is 5.47. The Morgan fingerprint density at radius 1 is 1.43 bits per heavy atom. The summed E-state index contributed by atoms with van der Waals surface area (Å²) < 4.78 is 5.41. The highest BCUT2D eigenvalue weighted by Crippen LogP contribution is 2.27. The van der Waals surface area contributed by atoms with Gasteiger partial charge in [0.15, 0.2) is 0 Å². The fraction of sp³-hybridized carbons (Fsp3) is 0.909. The highest BCUT2D eigenvalue weighted by atomic mass is 16.5. The highest BCUT2D eigenvalue weighted by molar-refractivity contribution is 5.60. The van der Waals surface area contributed by atoms with Crippen LogP contribution in [0, 0.1) is 5.41 Å². The van der Waals surface area contributed by atoms with Gasteiger partial charge in [-0.1, -0.05) is 13.8 Å². The molecular weight excluding hydrogens is 178 g/mol. The van der Waals surface area contributed by atoms with Gasteiger partial charge in [0.1, 0.15) is 6.29 Å². The number of carbonyl (C=O) groups excluding carboxylic acids is 1. The Morgan fingerprint density at radius 2 is 2.14 bits per heavy atom. The molecule has 1 aliphatic heterocycles. The second-order valence-electron chi connectivity index (χ2n) is 4.10. The molecule has 0 N–H and O–H groups in total. The lowest BCUT2D eigenvalue weighted by Crippen LogP contribution is -2.44. The summed E-state index contributed by atoms with van der Waals surface area (Å²) >= 11 is 0. The molecule has 0 aromatic rings. The van der Waals surface area contributed by atoms with Crippen LogP contribution < -0.4 is 0 Å². The molecule has 0 spiro atoms. The topological polar surface area (TPSA) is 29.5 Å². The van der Waals surface area contributed by atoms with E-state index in [2.05, 4.69) is 18.7 Å². The summed E-state index contributed by atoms with van der Waals surface area (Å²) in [6, 6.07) is 0. The van der Waals surface area contributed by atoms with E-state index >= 15 is 0 Å². The molecule has 1 fully saturated rings. The predicted octanol–water partition coefficient (Wildman–Crippen LogP) is 1.32. The Bertz CT molecular complexity index is 172. The molecule has 3 nitrogen and oxygen atoms in total. The van der Waals surface area contributed by atoms with E-state index in [1.54, 1.807) is 0 Å². The lowest BCUT2D eigenvalue weighted by Gasteiger charge is -2.36. The Morgan fingerprint density at radius 3 is 2.57 bits per heavy atom. The van der Waals surface area contributed by atoms with Gasteiger partial charge in [-0.3, -0.25) is 0 Å². The van der Waals surface area contributed by atoms with Crippen molar-refractivity contribution in [2.45, 2.75) is 26.7 Å². The summed E-state index contributed by atoms with van der Waals surface area (Å²) in [5.41, 5.74) is -0.232. The van der Waals surface area contributed by atoms with Crippen molar-refractivity contribution in [2.75, 3.05) is 32.8 Å². The van der Waals surface area contributed by atoms with Crippen LogP contribution in [0.3, 0.4) is 0 Å². The van der Waals surface area contributed by atoms with Crippen molar-refractivity contribution in [3.63, 3.8) is 0 Å². The Balaban J connectivity index is 2.54. The normalized spacial score (nSPS) is 27.9. The minimum Gasteiger partial charge on any atom is -0.380 e. The van der Waals surface area contributed by atoms with Crippen LogP contribution in [0.1, 0.15) is 26.7 Å². The van der Waals surface area contributed by atoms with Crippen molar-refractivity contribution >= 4 is 6.29 Å². The Hall–Kier alpha value is -0.410. The molecule has 82 valence electrons. The number of hydrogen-bond donors (Lipinski definition) is 0. The fourth-order valence-electron chi connectivity index (χ4n) is 2.02. The van der Waals surface area contributed by atoms with Gasteiger partial charge in [-0.25, -0.2) is 0 Å². The van der Waals surface area contributed by atoms with Crippen LogP contribution in [0.4, 0.5) is 0 Å². The summed E-state index contributed by atoms with van der Waals surface area (Å²) in [5, 5.41) is 0. The molecule has 0 aromatic carbocycles. The van der Waals surface area contributed by atoms with E-state index in [0.29, 0.717) is 6.61 Å². The Labute approximate surface area is 86.4 Å². The van der Waals surface area contributed by atoms with Gasteiger partial charge in [-0.2, -0.15) is 0 Å². The molecule has 0 amide bonds. The lowest BCUT2D eigenvalue weighted by molar-refractivity contribution is -0.125. The zero-order chi connectivity index (χ0) is 10.4. The first-order valence-corrected chi connectivity index (χ1v) is 5.53. The van der Waals surface area contributed by atoms with Crippen LogP contribution in [-0.4, -0.2) is 44.0 Å². The Kier molecular flexibility index (Phi) is 4.55. The quantitative estimate of drug-likeness (QED) is 0.625. The molecule has 1 aliphatic rings. The van der Waals surface area contributed by atoms with Gasteiger partial charge in [0, 0.05) is 13.2 Å². The van der Waals surface area contributed by atoms with Gasteiger partial charge < -0.3 is 14.4 Å². The third kappa shape index (κ3) is 2.79. The molecule has 1 heterocycles. The van der Waals surface area contributed by atoms with E-state index in [9.17, 15) is 4.79 Å². The maximum absolute atomic E-state index is 11.1. The van der Waals surface area contributed by atoms with Gasteiger partial charge in [-0.05, 0) is 25.9 Å². The average molecular weight is 199 g/mol. The molecule has 0 aliphatic carbocycles. The molecule has 1 saturated heterocycles. The number of aldehydes is 1. The second-order valence-corrected chi connectivity index (χ2v) is 4.10. The van der Waals surface area contributed by atoms with Gasteiger partial charge in [0.2, 0.25) is 0 Å². The van der Waals surface area contributed by atoms with Gasteiger partial charge in [0.05, 0.1) is 12.0 Å². The third-order valence-electron chi connectivity index (χ3n) is 3.04. The third-order valence-corrected chi connectivity index (χ3v) is 3.04. The van der Waals surface area contributed by atoms with E-state index in [0.717, 1.165) is 45.4 Å². The van der Waals surface area contributed by atoms with Crippen LogP contribution in [0.25, 0.3) is 0 Å². The molecule has 14 heavy (non-hydrogen) atoms. The molecule has 0 bridgehead atoms. The largest absolute Gasteiger partial charge is 0.380 e. The minimum absolute atomic E-state index is 0.232. The van der Waals surface area contributed by atoms with Crippen LogP contribution in [-0.2, 0) is 9.53 Å². The van der Waals surface area contributed by atoms with Gasteiger partial charge >= 0.3 is 0 Å². The zero-order valence-electron chi connectivity index (χ0n) is 9.29. The lowest BCUT2D eigenvalue weighted by atomic mass is 9.83. The standard InChI is InChI=1S/C11H21NO2/c1-3-12(4-2)8-11(9-13)6-5-7-14-10-11/h9H,3-8,10H2,1-2H3. The molecule has 1 unspecified atom stereocenters. The van der Waals surface area contributed by atoms with Crippen molar-refractivity contribution in [3.05, 3.63) is 0 Å². The maximum Gasteiger partial charge on any atom is 0.129 e. The van der Waals surface area contributed by atoms with E-state index in [4.69, 9.17) is 4.74 Å². The van der Waals surface area contributed by atoms with Crippen molar-refractivity contribution in [2.24, 2.45) is 5.41 Å².